The van der Waals surface area contributed by atoms with Crippen molar-refractivity contribution < 1.29 is 39.3 Å². The molecule has 4 nitrogen and oxygen atoms in total. The van der Waals surface area contributed by atoms with E-state index in [1.54, 1.807) is 0 Å². The van der Waals surface area contributed by atoms with Gasteiger partial charge in [-0.3, -0.25) is 9.59 Å². The Hall–Kier alpha value is -0.437. The number of aliphatic carboxylic acids is 2. The van der Waals surface area contributed by atoms with Crippen molar-refractivity contribution in [3.8, 4) is 0 Å². The van der Waals surface area contributed by atoms with E-state index >= 15 is 0 Å². The Morgan fingerprint density at radius 2 is 0.895 bits per heavy atom. The first-order chi connectivity index (χ1) is 8.61. The van der Waals surface area contributed by atoms with E-state index in [1.165, 1.54) is 12.8 Å². The van der Waals surface area contributed by atoms with Crippen molar-refractivity contribution in [1.82, 2.24) is 0 Å². The second-order valence-electron chi connectivity index (χ2n) is 5.35. The summed E-state index contributed by atoms with van der Waals surface area (Å²) in [5, 5.41) is 17.1. The van der Waals surface area contributed by atoms with Crippen LogP contribution in [0.15, 0.2) is 0 Å². The van der Waals surface area contributed by atoms with Gasteiger partial charge in [0.1, 0.15) is 0 Å². The third-order valence-corrected chi connectivity index (χ3v) is 3.91. The number of hydrogen-bond donors (Lipinski definition) is 2. The van der Waals surface area contributed by atoms with Gasteiger partial charge in [0, 0.05) is 19.5 Å². The molecular weight excluding hydrogens is 298 g/mol. The number of carboxylic acid groups (broad SMARTS) is 2. The Balaban J connectivity index is 0.000000324. The fraction of sp³-hybridized carbons (Fsp3) is 0.857. The van der Waals surface area contributed by atoms with E-state index < -0.39 is 11.9 Å². The molecule has 0 heterocycles. The van der Waals surface area contributed by atoms with E-state index in [4.69, 9.17) is 10.2 Å². The van der Waals surface area contributed by atoms with Crippen LogP contribution < -0.4 is 0 Å². The molecule has 106 valence electrons. The van der Waals surface area contributed by atoms with Gasteiger partial charge in [-0.15, -0.1) is 0 Å². The zero-order chi connectivity index (χ0) is 13.4. The zero-order valence-electron chi connectivity index (χ0n) is 11.6. The number of hydrogen-bond acceptors (Lipinski definition) is 2. The summed E-state index contributed by atoms with van der Waals surface area (Å²) in [7, 11) is 0. The first-order valence-electron chi connectivity index (χ1n) is 7.07. The summed E-state index contributed by atoms with van der Waals surface area (Å²) in [6.07, 6.45) is 10.5. The van der Waals surface area contributed by atoms with Crippen LogP contribution in [-0.4, -0.2) is 22.2 Å². The second kappa shape index (κ2) is 10.4. The summed E-state index contributed by atoms with van der Waals surface area (Å²) < 4.78 is 0. The van der Waals surface area contributed by atoms with E-state index in [0.29, 0.717) is 0 Å². The molecule has 0 atom stereocenters. The van der Waals surface area contributed by atoms with Gasteiger partial charge in [-0.1, -0.05) is 38.5 Å². The Labute approximate surface area is 127 Å². The molecule has 0 unspecified atom stereocenters. The van der Waals surface area contributed by atoms with E-state index in [-0.39, 0.29) is 31.3 Å². The average molecular weight is 322 g/mol. The summed E-state index contributed by atoms with van der Waals surface area (Å²) in [5.41, 5.74) is 0. The molecule has 0 aliphatic heterocycles. The molecule has 0 aromatic heterocycles. The van der Waals surface area contributed by atoms with Crippen LogP contribution in [0.3, 0.4) is 0 Å². The summed E-state index contributed by atoms with van der Waals surface area (Å²) >= 11 is 0. The standard InChI is InChI=1S/2C7H12O2.Zn/c2*8-7(9)6-4-2-1-3-5-6;/h2*6H,1-5H2,(H,8,9);. The molecule has 0 saturated heterocycles. The average Bonchev–Trinajstić information content (AvgIpc) is 2.41. The number of rotatable bonds is 2. The minimum atomic E-state index is -0.602. The Kier molecular flexibility index (Phi) is 10.1. The van der Waals surface area contributed by atoms with Gasteiger partial charge in [0.15, 0.2) is 0 Å². The van der Waals surface area contributed by atoms with Gasteiger partial charge in [0.25, 0.3) is 0 Å². The van der Waals surface area contributed by atoms with Gasteiger partial charge in [0.05, 0.1) is 11.8 Å². The molecule has 0 radical (unpaired) electrons. The fourth-order valence-corrected chi connectivity index (χ4v) is 2.70. The molecule has 0 aromatic carbocycles. The van der Waals surface area contributed by atoms with Crippen LogP contribution in [0.5, 0.6) is 0 Å². The molecule has 0 aromatic rings. The molecule has 2 rings (SSSR count). The Morgan fingerprint density at radius 3 is 1.05 bits per heavy atom. The van der Waals surface area contributed by atoms with Crippen molar-refractivity contribution in [2.45, 2.75) is 64.2 Å². The van der Waals surface area contributed by atoms with Gasteiger partial charge >= 0.3 is 11.9 Å². The molecule has 0 bridgehead atoms. The van der Waals surface area contributed by atoms with Crippen LogP contribution in [-0.2, 0) is 29.1 Å². The fourth-order valence-electron chi connectivity index (χ4n) is 2.70. The van der Waals surface area contributed by atoms with Crippen LogP contribution in [0, 0.1) is 11.8 Å². The molecule has 5 heteroatoms. The predicted octanol–water partition coefficient (Wildman–Crippen LogP) is 3.30. The molecule has 2 fully saturated rings. The van der Waals surface area contributed by atoms with Crippen LogP contribution in [0.2, 0.25) is 0 Å². The first kappa shape index (κ1) is 18.6. The summed E-state index contributed by atoms with van der Waals surface area (Å²) in [6, 6.07) is 0. The van der Waals surface area contributed by atoms with Gasteiger partial charge in [-0.05, 0) is 25.7 Å². The topological polar surface area (TPSA) is 74.6 Å². The first-order valence-corrected chi connectivity index (χ1v) is 7.07. The molecule has 2 aliphatic carbocycles. The SMILES string of the molecule is O=C(O)C1CCCCC1.O=C(O)C1CCCCC1.[Zn]. The van der Waals surface area contributed by atoms with Crippen molar-refractivity contribution in [2.24, 2.45) is 11.8 Å². The Morgan fingerprint density at radius 1 is 0.632 bits per heavy atom. The van der Waals surface area contributed by atoms with Gasteiger partial charge in [-0.2, -0.15) is 0 Å². The van der Waals surface area contributed by atoms with Crippen molar-refractivity contribution in [2.75, 3.05) is 0 Å². The quantitative estimate of drug-likeness (QED) is 0.765. The largest absolute Gasteiger partial charge is 0.481 e. The van der Waals surface area contributed by atoms with Crippen LogP contribution >= 0.6 is 0 Å². The van der Waals surface area contributed by atoms with E-state index in [0.717, 1.165) is 51.4 Å². The minimum Gasteiger partial charge on any atom is -0.481 e. The summed E-state index contributed by atoms with van der Waals surface area (Å²) in [4.78, 5) is 20.7. The zero-order valence-corrected chi connectivity index (χ0v) is 14.6. The molecule has 0 spiro atoms. The molecule has 19 heavy (non-hydrogen) atoms. The second-order valence-corrected chi connectivity index (χ2v) is 5.35. The van der Waals surface area contributed by atoms with Crippen molar-refractivity contribution in [3.63, 3.8) is 0 Å². The van der Waals surface area contributed by atoms with Crippen LogP contribution in [0.1, 0.15) is 64.2 Å². The maximum atomic E-state index is 10.4. The molecule has 2 aliphatic rings. The molecular formula is C14H24O4Zn. The van der Waals surface area contributed by atoms with E-state index in [2.05, 4.69) is 0 Å². The number of carboxylic acids is 2. The van der Waals surface area contributed by atoms with Gasteiger partial charge in [-0.25, -0.2) is 0 Å². The van der Waals surface area contributed by atoms with Crippen molar-refractivity contribution >= 4 is 11.9 Å². The minimum absolute atomic E-state index is 0. The van der Waals surface area contributed by atoms with Gasteiger partial charge < -0.3 is 10.2 Å². The van der Waals surface area contributed by atoms with Crippen LogP contribution in [0.25, 0.3) is 0 Å². The smallest absolute Gasteiger partial charge is 0.306 e. The molecule has 2 saturated carbocycles. The maximum Gasteiger partial charge on any atom is 0.306 e. The monoisotopic (exact) mass is 320 g/mol. The Bertz CT molecular complexity index is 241. The summed E-state index contributed by atoms with van der Waals surface area (Å²) in [6.45, 7) is 0. The van der Waals surface area contributed by atoms with Crippen LogP contribution in [0.4, 0.5) is 0 Å². The summed E-state index contributed by atoms with van der Waals surface area (Å²) in [5.74, 6) is -1.26. The van der Waals surface area contributed by atoms with Gasteiger partial charge in [0.2, 0.25) is 0 Å². The van der Waals surface area contributed by atoms with Crippen molar-refractivity contribution in [3.05, 3.63) is 0 Å². The normalized spacial score (nSPS) is 20.6. The number of carbonyl (C=O) groups is 2. The third kappa shape index (κ3) is 7.66. The molecule has 2 N–H and O–H groups in total. The van der Waals surface area contributed by atoms with Crippen molar-refractivity contribution in [1.29, 1.82) is 0 Å². The molecule has 0 amide bonds. The predicted molar refractivity (Wildman–Crippen MR) is 68.4 cm³/mol. The maximum absolute atomic E-state index is 10.4. The third-order valence-electron chi connectivity index (χ3n) is 3.91. The van der Waals surface area contributed by atoms with E-state index in [9.17, 15) is 9.59 Å². The van der Waals surface area contributed by atoms with E-state index in [1.807, 2.05) is 0 Å².